The molecule has 4 rings (SSSR count). The number of rotatable bonds is 5. The van der Waals surface area contributed by atoms with Crippen LogP contribution in [0.4, 0.5) is 10.2 Å². The Bertz CT molecular complexity index is 942. The Hall–Kier alpha value is -3.02. The van der Waals surface area contributed by atoms with E-state index in [1.807, 2.05) is 29.1 Å². The van der Waals surface area contributed by atoms with Crippen molar-refractivity contribution in [3.8, 4) is 0 Å². The number of hydrogen-bond acceptors (Lipinski definition) is 3. The number of carbonyl (C=O) groups is 1. The largest absolute Gasteiger partial charge is 0.307 e. The quantitative estimate of drug-likeness (QED) is 0.724. The van der Waals surface area contributed by atoms with E-state index >= 15 is 0 Å². The molecule has 0 bridgehead atoms. The Morgan fingerprint density at radius 1 is 1.28 bits per heavy atom. The maximum atomic E-state index is 12.8. The topological polar surface area (TPSA) is 59.8 Å². The molecule has 25 heavy (non-hydrogen) atoms. The number of amides is 1. The van der Waals surface area contributed by atoms with E-state index in [4.69, 9.17) is 0 Å². The number of nitrogens with zero attached hydrogens (tertiary/aromatic N) is 3. The lowest BCUT2D eigenvalue weighted by molar-refractivity contribution is -0.111. The standard InChI is InChI=1S/C19H17FN4O/c20-16-5-7-18(21-11-16)23-19(25)8-4-13-3-6-17-15(9-13)10-22-24(17)12-14-1-2-14/h3-11,14H,1-2,12H2,(H,21,23,25)/b8-4+. The van der Waals surface area contributed by atoms with Crippen molar-refractivity contribution in [3.05, 3.63) is 60.2 Å². The van der Waals surface area contributed by atoms with Crippen LogP contribution < -0.4 is 5.32 Å². The molecule has 5 nitrogen and oxygen atoms in total. The Morgan fingerprint density at radius 3 is 2.92 bits per heavy atom. The van der Waals surface area contributed by atoms with E-state index in [-0.39, 0.29) is 5.91 Å². The summed E-state index contributed by atoms with van der Waals surface area (Å²) in [4.78, 5) is 15.7. The van der Waals surface area contributed by atoms with Crippen molar-refractivity contribution in [3.63, 3.8) is 0 Å². The maximum Gasteiger partial charge on any atom is 0.249 e. The highest BCUT2D eigenvalue weighted by Crippen LogP contribution is 2.31. The summed E-state index contributed by atoms with van der Waals surface area (Å²) in [6.45, 7) is 0.978. The summed E-state index contributed by atoms with van der Waals surface area (Å²) in [5, 5.41) is 8.10. The lowest BCUT2D eigenvalue weighted by Crippen LogP contribution is -2.09. The van der Waals surface area contributed by atoms with Crippen LogP contribution in [0, 0.1) is 11.7 Å². The first kappa shape index (κ1) is 15.5. The number of nitrogens with one attached hydrogen (secondary N) is 1. The van der Waals surface area contributed by atoms with Gasteiger partial charge in [0.05, 0.1) is 17.9 Å². The molecule has 1 N–H and O–H groups in total. The Labute approximate surface area is 144 Å². The van der Waals surface area contributed by atoms with Gasteiger partial charge in [0.15, 0.2) is 0 Å². The van der Waals surface area contributed by atoms with Crippen molar-refractivity contribution < 1.29 is 9.18 Å². The number of anilines is 1. The van der Waals surface area contributed by atoms with Crippen LogP contribution in [0.25, 0.3) is 17.0 Å². The van der Waals surface area contributed by atoms with Gasteiger partial charge in [-0.1, -0.05) is 6.07 Å². The van der Waals surface area contributed by atoms with Crippen LogP contribution in [0.5, 0.6) is 0 Å². The zero-order valence-electron chi connectivity index (χ0n) is 13.5. The van der Waals surface area contributed by atoms with Crippen LogP contribution in [0.2, 0.25) is 0 Å². The first-order valence-corrected chi connectivity index (χ1v) is 8.23. The van der Waals surface area contributed by atoms with Crippen molar-refractivity contribution in [1.29, 1.82) is 0 Å². The lowest BCUT2D eigenvalue weighted by atomic mass is 10.1. The molecule has 2 aromatic heterocycles. The van der Waals surface area contributed by atoms with Gasteiger partial charge in [0.25, 0.3) is 0 Å². The number of pyridine rings is 1. The molecule has 0 radical (unpaired) electrons. The van der Waals surface area contributed by atoms with Gasteiger partial charge >= 0.3 is 0 Å². The van der Waals surface area contributed by atoms with Crippen LogP contribution in [0.3, 0.4) is 0 Å². The molecule has 3 aromatic rings. The molecule has 0 aliphatic heterocycles. The third kappa shape index (κ3) is 3.74. The first-order chi connectivity index (χ1) is 12.2. The molecular formula is C19H17FN4O. The molecule has 1 amide bonds. The molecule has 6 heteroatoms. The second-order valence-corrected chi connectivity index (χ2v) is 6.27. The van der Waals surface area contributed by atoms with Crippen LogP contribution >= 0.6 is 0 Å². The minimum absolute atomic E-state index is 0.313. The summed E-state index contributed by atoms with van der Waals surface area (Å²) in [7, 11) is 0. The van der Waals surface area contributed by atoms with E-state index in [1.54, 1.807) is 6.08 Å². The van der Waals surface area contributed by atoms with Gasteiger partial charge in [-0.2, -0.15) is 5.10 Å². The van der Waals surface area contributed by atoms with Gasteiger partial charge in [-0.25, -0.2) is 9.37 Å². The predicted molar refractivity (Wildman–Crippen MR) is 94.3 cm³/mol. The highest BCUT2D eigenvalue weighted by Gasteiger charge is 2.22. The molecule has 0 unspecified atom stereocenters. The summed E-state index contributed by atoms with van der Waals surface area (Å²) < 4.78 is 14.8. The predicted octanol–water partition coefficient (Wildman–Crippen LogP) is 3.63. The van der Waals surface area contributed by atoms with Gasteiger partial charge < -0.3 is 5.32 Å². The zero-order chi connectivity index (χ0) is 17.2. The zero-order valence-corrected chi connectivity index (χ0v) is 13.5. The SMILES string of the molecule is O=C(/C=C/c1ccc2c(cnn2CC2CC2)c1)Nc1ccc(F)cn1. The third-order valence-electron chi connectivity index (χ3n) is 4.20. The van der Waals surface area contributed by atoms with E-state index in [9.17, 15) is 9.18 Å². The molecule has 1 aromatic carbocycles. The normalized spacial score (nSPS) is 14.3. The fraction of sp³-hybridized carbons (Fsp3) is 0.211. The number of fused-ring (bicyclic) bond motifs is 1. The van der Waals surface area contributed by atoms with Crippen LogP contribution in [0.15, 0.2) is 48.8 Å². The maximum absolute atomic E-state index is 12.8. The monoisotopic (exact) mass is 336 g/mol. The van der Waals surface area contributed by atoms with Gasteiger partial charge in [0.1, 0.15) is 11.6 Å². The third-order valence-corrected chi connectivity index (χ3v) is 4.20. The smallest absolute Gasteiger partial charge is 0.249 e. The van der Waals surface area contributed by atoms with Gasteiger partial charge in [0, 0.05) is 18.0 Å². The average molecular weight is 336 g/mol. The molecule has 1 saturated carbocycles. The van der Waals surface area contributed by atoms with Gasteiger partial charge in [0.2, 0.25) is 5.91 Å². The molecule has 2 heterocycles. The molecule has 126 valence electrons. The Kier molecular flexibility index (Phi) is 4.01. The summed E-state index contributed by atoms with van der Waals surface area (Å²) in [6.07, 6.45) is 8.67. The second-order valence-electron chi connectivity index (χ2n) is 6.27. The number of hydrogen-bond donors (Lipinski definition) is 1. The second kappa shape index (κ2) is 6.47. The molecule has 1 aliphatic rings. The number of carbonyl (C=O) groups excluding carboxylic acids is 1. The van der Waals surface area contributed by atoms with Crippen molar-refractivity contribution in [2.45, 2.75) is 19.4 Å². The number of aromatic nitrogens is 3. The fourth-order valence-corrected chi connectivity index (χ4v) is 2.69. The fourth-order valence-electron chi connectivity index (χ4n) is 2.69. The van der Waals surface area contributed by atoms with E-state index < -0.39 is 5.82 Å². The van der Waals surface area contributed by atoms with E-state index in [0.29, 0.717) is 5.82 Å². The van der Waals surface area contributed by atoms with Crippen LogP contribution in [-0.2, 0) is 11.3 Å². The van der Waals surface area contributed by atoms with E-state index in [0.717, 1.165) is 35.1 Å². The van der Waals surface area contributed by atoms with Crippen molar-refractivity contribution in [2.24, 2.45) is 5.92 Å². The summed E-state index contributed by atoms with van der Waals surface area (Å²) in [5.41, 5.74) is 2.03. The van der Waals surface area contributed by atoms with Crippen LogP contribution in [0.1, 0.15) is 18.4 Å². The van der Waals surface area contributed by atoms with E-state index in [2.05, 4.69) is 15.4 Å². The Balaban J connectivity index is 1.45. The van der Waals surface area contributed by atoms with Crippen LogP contribution in [-0.4, -0.2) is 20.7 Å². The molecule has 0 spiro atoms. The number of benzene rings is 1. The molecule has 0 saturated heterocycles. The van der Waals surface area contributed by atoms with Gasteiger partial charge in [-0.3, -0.25) is 9.48 Å². The van der Waals surface area contributed by atoms with E-state index in [1.165, 1.54) is 31.1 Å². The minimum atomic E-state index is -0.441. The summed E-state index contributed by atoms with van der Waals surface area (Å²) in [5.74, 6) is 0.326. The summed E-state index contributed by atoms with van der Waals surface area (Å²) in [6, 6.07) is 8.67. The first-order valence-electron chi connectivity index (χ1n) is 8.23. The van der Waals surface area contributed by atoms with Crippen molar-refractivity contribution >= 4 is 28.7 Å². The van der Waals surface area contributed by atoms with Gasteiger partial charge in [-0.15, -0.1) is 0 Å². The molecule has 1 fully saturated rings. The van der Waals surface area contributed by atoms with Gasteiger partial charge in [-0.05, 0) is 54.7 Å². The highest BCUT2D eigenvalue weighted by atomic mass is 19.1. The lowest BCUT2D eigenvalue weighted by Gasteiger charge is -2.02. The molecule has 1 aliphatic carbocycles. The van der Waals surface area contributed by atoms with Crippen molar-refractivity contribution in [2.75, 3.05) is 5.32 Å². The minimum Gasteiger partial charge on any atom is -0.307 e. The molecule has 0 atom stereocenters. The molecular weight excluding hydrogens is 319 g/mol. The Morgan fingerprint density at radius 2 is 2.16 bits per heavy atom. The summed E-state index contributed by atoms with van der Waals surface area (Å²) >= 11 is 0. The highest BCUT2D eigenvalue weighted by molar-refractivity contribution is 6.01. The average Bonchev–Trinajstić information content (AvgIpc) is 3.35. The van der Waals surface area contributed by atoms with Crippen molar-refractivity contribution in [1.82, 2.24) is 14.8 Å². The number of halogens is 1.